The first kappa shape index (κ1) is 14.0. The highest BCUT2D eigenvalue weighted by molar-refractivity contribution is 6.18. The van der Waals surface area contributed by atoms with Crippen LogP contribution in [-0.2, 0) is 11.2 Å². The summed E-state index contributed by atoms with van der Waals surface area (Å²) < 4.78 is 0. The molecule has 1 aromatic rings. The molecular formula is C14H20ClNO. The van der Waals surface area contributed by atoms with Gasteiger partial charge in [0, 0.05) is 12.9 Å². The number of likely N-dealkylation sites (N-methyl/N-ethyl adjacent to an activating group) is 1. The number of nitrogens with zero attached hydrogens (tertiary/aromatic N) is 1. The zero-order chi connectivity index (χ0) is 13.1. The van der Waals surface area contributed by atoms with E-state index < -0.39 is 0 Å². The lowest BCUT2D eigenvalue weighted by Crippen LogP contribution is -2.47. The third-order valence-corrected chi connectivity index (χ3v) is 3.87. The Kier molecular flexibility index (Phi) is 4.58. The van der Waals surface area contributed by atoms with E-state index in [1.807, 2.05) is 52.1 Å². The maximum atomic E-state index is 12.1. The number of hydrogen-bond acceptors (Lipinski definition) is 1. The van der Waals surface area contributed by atoms with Gasteiger partial charge in [-0.15, -0.1) is 11.6 Å². The second kappa shape index (κ2) is 5.54. The molecule has 0 unspecified atom stereocenters. The number of carbonyl (C=O) groups excluding carboxylic acids is 1. The van der Waals surface area contributed by atoms with E-state index in [2.05, 4.69) is 0 Å². The third-order valence-electron chi connectivity index (χ3n) is 3.21. The van der Waals surface area contributed by atoms with E-state index in [4.69, 9.17) is 11.6 Å². The van der Waals surface area contributed by atoms with Crippen LogP contribution < -0.4 is 0 Å². The minimum absolute atomic E-state index is 0.102. The van der Waals surface area contributed by atoms with Crippen molar-refractivity contribution in [2.75, 3.05) is 12.9 Å². The fourth-order valence-corrected chi connectivity index (χ4v) is 1.70. The fourth-order valence-electron chi connectivity index (χ4n) is 1.52. The number of rotatable bonds is 4. The molecule has 0 fully saturated rings. The highest BCUT2D eigenvalue weighted by Crippen LogP contribution is 2.17. The fraction of sp³-hybridized carbons (Fsp3) is 0.500. The van der Waals surface area contributed by atoms with Gasteiger partial charge in [-0.3, -0.25) is 4.79 Å². The molecule has 0 N–H and O–H groups in total. The van der Waals surface area contributed by atoms with Crippen molar-refractivity contribution in [3.8, 4) is 0 Å². The molecule has 3 heteroatoms. The van der Waals surface area contributed by atoms with E-state index in [1.165, 1.54) is 0 Å². The van der Waals surface area contributed by atoms with Crippen LogP contribution in [0.1, 0.15) is 25.0 Å². The highest BCUT2D eigenvalue weighted by Gasteiger charge is 2.26. The van der Waals surface area contributed by atoms with Crippen LogP contribution >= 0.6 is 11.6 Å². The van der Waals surface area contributed by atoms with Gasteiger partial charge in [0.15, 0.2) is 0 Å². The first-order valence-electron chi connectivity index (χ1n) is 5.75. The number of amides is 1. The Hall–Kier alpha value is -1.02. The molecule has 0 saturated heterocycles. The van der Waals surface area contributed by atoms with Crippen molar-refractivity contribution in [2.24, 2.45) is 0 Å². The largest absolute Gasteiger partial charge is 0.339 e. The van der Waals surface area contributed by atoms with E-state index in [-0.39, 0.29) is 11.4 Å². The van der Waals surface area contributed by atoms with E-state index in [0.717, 1.165) is 11.1 Å². The Labute approximate surface area is 109 Å². The molecule has 1 amide bonds. The topological polar surface area (TPSA) is 20.3 Å². The quantitative estimate of drug-likeness (QED) is 0.756. The first-order valence-corrected chi connectivity index (χ1v) is 6.29. The standard InChI is InChI=1S/C14H20ClNO/c1-11-7-5-6-8-12(11)9-13(17)16(4)14(2,3)10-15/h5-8H,9-10H2,1-4H3. The number of benzene rings is 1. The van der Waals surface area contributed by atoms with Crippen molar-refractivity contribution in [1.82, 2.24) is 4.90 Å². The van der Waals surface area contributed by atoms with Gasteiger partial charge in [0.2, 0.25) is 5.91 Å². The van der Waals surface area contributed by atoms with E-state index in [1.54, 1.807) is 4.90 Å². The lowest BCUT2D eigenvalue weighted by molar-refractivity contribution is -0.133. The zero-order valence-electron chi connectivity index (χ0n) is 11.0. The molecule has 2 nitrogen and oxygen atoms in total. The molecule has 94 valence electrons. The maximum absolute atomic E-state index is 12.1. The average Bonchev–Trinajstić information content (AvgIpc) is 2.31. The molecular weight excluding hydrogens is 234 g/mol. The van der Waals surface area contributed by atoms with E-state index in [9.17, 15) is 4.79 Å². The van der Waals surface area contributed by atoms with Crippen molar-refractivity contribution in [2.45, 2.75) is 32.7 Å². The van der Waals surface area contributed by atoms with Crippen molar-refractivity contribution in [3.63, 3.8) is 0 Å². The van der Waals surface area contributed by atoms with Crippen LogP contribution in [0.3, 0.4) is 0 Å². The summed E-state index contributed by atoms with van der Waals surface area (Å²) in [4.78, 5) is 13.9. The molecule has 0 bridgehead atoms. The summed E-state index contributed by atoms with van der Waals surface area (Å²) >= 11 is 5.87. The molecule has 0 heterocycles. The van der Waals surface area contributed by atoms with Crippen LogP contribution in [0.25, 0.3) is 0 Å². The van der Waals surface area contributed by atoms with Gasteiger partial charge in [0.05, 0.1) is 12.0 Å². The summed E-state index contributed by atoms with van der Waals surface area (Å²) in [5.74, 6) is 0.535. The maximum Gasteiger partial charge on any atom is 0.227 e. The molecule has 1 aromatic carbocycles. The lowest BCUT2D eigenvalue weighted by atomic mass is 10.0. The molecule has 1 rings (SSSR count). The molecule has 0 saturated carbocycles. The minimum Gasteiger partial charge on any atom is -0.339 e. The van der Waals surface area contributed by atoms with Gasteiger partial charge in [0.1, 0.15) is 0 Å². The minimum atomic E-state index is -0.304. The predicted molar refractivity (Wildman–Crippen MR) is 72.5 cm³/mol. The van der Waals surface area contributed by atoms with Crippen molar-refractivity contribution >= 4 is 17.5 Å². The van der Waals surface area contributed by atoms with Crippen LogP contribution in [0.5, 0.6) is 0 Å². The summed E-state index contributed by atoms with van der Waals surface area (Å²) in [6.45, 7) is 5.96. The van der Waals surface area contributed by atoms with Gasteiger partial charge >= 0.3 is 0 Å². The van der Waals surface area contributed by atoms with Crippen molar-refractivity contribution in [1.29, 1.82) is 0 Å². The van der Waals surface area contributed by atoms with Crippen LogP contribution in [0.2, 0.25) is 0 Å². The summed E-state index contributed by atoms with van der Waals surface area (Å²) in [5.41, 5.74) is 1.93. The predicted octanol–water partition coefficient (Wildman–Crippen LogP) is 3.01. The summed E-state index contributed by atoms with van der Waals surface area (Å²) in [5, 5.41) is 0. The van der Waals surface area contributed by atoms with Crippen LogP contribution in [0.15, 0.2) is 24.3 Å². The van der Waals surface area contributed by atoms with E-state index >= 15 is 0 Å². The number of carbonyl (C=O) groups is 1. The molecule has 17 heavy (non-hydrogen) atoms. The van der Waals surface area contributed by atoms with Crippen molar-refractivity contribution < 1.29 is 4.79 Å². The number of alkyl halides is 1. The summed E-state index contributed by atoms with van der Waals surface area (Å²) in [6, 6.07) is 7.96. The molecule has 0 radical (unpaired) electrons. The molecule has 0 aliphatic rings. The van der Waals surface area contributed by atoms with Gasteiger partial charge in [-0.25, -0.2) is 0 Å². The Morgan fingerprint density at radius 1 is 1.35 bits per heavy atom. The molecule has 0 atom stereocenters. The van der Waals surface area contributed by atoms with Crippen molar-refractivity contribution in [3.05, 3.63) is 35.4 Å². The SMILES string of the molecule is Cc1ccccc1CC(=O)N(C)C(C)(C)CCl. The number of aryl methyl sites for hydroxylation is 1. The van der Waals surface area contributed by atoms with Gasteiger partial charge in [-0.2, -0.15) is 0 Å². The second-order valence-corrected chi connectivity index (χ2v) is 5.27. The molecule has 0 aliphatic carbocycles. The Balaban J connectivity index is 2.77. The summed E-state index contributed by atoms with van der Waals surface area (Å²) in [6.07, 6.45) is 0.434. The van der Waals surface area contributed by atoms with Gasteiger partial charge in [-0.1, -0.05) is 24.3 Å². The second-order valence-electron chi connectivity index (χ2n) is 5.00. The Bertz CT molecular complexity index is 401. The smallest absolute Gasteiger partial charge is 0.227 e. The van der Waals surface area contributed by atoms with Gasteiger partial charge in [-0.05, 0) is 31.9 Å². The lowest BCUT2D eigenvalue weighted by Gasteiger charge is -2.34. The zero-order valence-corrected chi connectivity index (χ0v) is 11.7. The van der Waals surface area contributed by atoms with Crippen LogP contribution in [0.4, 0.5) is 0 Å². The van der Waals surface area contributed by atoms with Gasteiger partial charge in [0.25, 0.3) is 0 Å². The van der Waals surface area contributed by atoms with Gasteiger partial charge < -0.3 is 4.90 Å². The van der Waals surface area contributed by atoms with Crippen LogP contribution in [0, 0.1) is 6.92 Å². The molecule has 0 aliphatic heterocycles. The first-order chi connectivity index (χ1) is 7.88. The normalized spacial score (nSPS) is 11.4. The highest BCUT2D eigenvalue weighted by atomic mass is 35.5. The third kappa shape index (κ3) is 3.47. The Morgan fingerprint density at radius 2 is 1.94 bits per heavy atom. The summed E-state index contributed by atoms with van der Waals surface area (Å²) in [7, 11) is 1.81. The van der Waals surface area contributed by atoms with E-state index in [0.29, 0.717) is 12.3 Å². The Morgan fingerprint density at radius 3 is 2.47 bits per heavy atom. The number of hydrogen-bond donors (Lipinski definition) is 0. The monoisotopic (exact) mass is 253 g/mol. The average molecular weight is 254 g/mol. The number of halogens is 1. The van der Waals surface area contributed by atoms with Crippen LogP contribution in [-0.4, -0.2) is 29.3 Å². The molecule has 0 spiro atoms. The molecule has 0 aromatic heterocycles.